The highest BCUT2D eigenvalue weighted by Gasteiger charge is 2.28. The number of hydrogen-bond donors (Lipinski definition) is 1. The summed E-state index contributed by atoms with van der Waals surface area (Å²) < 4.78 is 1.08. The monoisotopic (exact) mass is 331 g/mol. The van der Waals surface area contributed by atoms with E-state index >= 15 is 0 Å². The quantitative estimate of drug-likeness (QED) is 0.939. The Balaban J connectivity index is 1.68. The van der Waals surface area contributed by atoms with Crippen molar-refractivity contribution in [2.24, 2.45) is 5.92 Å². The Labute approximate surface area is 139 Å². The van der Waals surface area contributed by atoms with Crippen LogP contribution in [0.5, 0.6) is 0 Å². The van der Waals surface area contributed by atoms with Crippen molar-refractivity contribution in [1.29, 1.82) is 0 Å². The maximum atomic E-state index is 12.5. The van der Waals surface area contributed by atoms with Gasteiger partial charge in [-0.3, -0.25) is 9.59 Å². The minimum absolute atomic E-state index is 0.0330. The first-order chi connectivity index (χ1) is 11.1. The molecule has 2 amide bonds. The molecule has 5 nitrogen and oxygen atoms in total. The molecule has 1 saturated heterocycles. The van der Waals surface area contributed by atoms with E-state index in [-0.39, 0.29) is 17.7 Å². The summed E-state index contributed by atoms with van der Waals surface area (Å²) in [7, 11) is 0. The standard InChI is InChI=1S/C17H21N3O2S/c1-3-15(21)20-8-4-5-12(10-20)16(22)19-17-18-13-7-6-11(2)9-14(13)23-17/h6-7,9,12H,3-5,8,10H2,1-2H3,(H,18,19,22). The number of anilines is 1. The second kappa shape index (κ2) is 6.66. The molecule has 1 aromatic heterocycles. The van der Waals surface area contributed by atoms with Crippen LogP contribution in [0.2, 0.25) is 0 Å². The maximum Gasteiger partial charge on any atom is 0.231 e. The SMILES string of the molecule is CCC(=O)N1CCCC(C(=O)Nc2nc3ccc(C)cc3s2)C1. The van der Waals surface area contributed by atoms with Crippen LogP contribution < -0.4 is 5.32 Å². The zero-order chi connectivity index (χ0) is 16.4. The summed E-state index contributed by atoms with van der Waals surface area (Å²) in [6, 6.07) is 6.06. The predicted molar refractivity (Wildman–Crippen MR) is 92.6 cm³/mol. The summed E-state index contributed by atoms with van der Waals surface area (Å²) in [6.07, 6.45) is 2.19. The molecule has 122 valence electrons. The molecule has 2 aromatic rings. The van der Waals surface area contributed by atoms with Gasteiger partial charge in [0, 0.05) is 19.5 Å². The van der Waals surface area contributed by atoms with E-state index in [2.05, 4.69) is 16.4 Å². The van der Waals surface area contributed by atoms with Crippen LogP contribution >= 0.6 is 11.3 Å². The van der Waals surface area contributed by atoms with Gasteiger partial charge in [0.25, 0.3) is 0 Å². The van der Waals surface area contributed by atoms with E-state index in [0.29, 0.717) is 18.1 Å². The summed E-state index contributed by atoms with van der Waals surface area (Å²) in [4.78, 5) is 30.6. The van der Waals surface area contributed by atoms with Crippen LogP contribution in [-0.4, -0.2) is 34.8 Å². The Kier molecular flexibility index (Phi) is 4.61. The lowest BCUT2D eigenvalue weighted by Gasteiger charge is -2.31. The molecule has 1 aliphatic rings. The van der Waals surface area contributed by atoms with Crippen molar-refractivity contribution in [2.45, 2.75) is 33.1 Å². The molecule has 1 atom stereocenters. The summed E-state index contributed by atoms with van der Waals surface area (Å²) >= 11 is 1.49. The third kappa shape index (κ3) is 3.52. The van der Waals surface area contributed by atoms with E-state index in [0.717, 1.165) is 29.6 Å². The van der Waals surface area contributed by atoms with Crippen molar-refractivity contribution in [3.8, 4) is 0 Å². The van der Waals surface area contributed by atoms with Crippen LogP contribution in [0.4, 0.5) is 5.13 Å². The van der Waals surface area contributed by atoms with Crippen molar-refractivity contribution >= 4 is 38.5 Å². The number of carbonyl (C=O) groups is 2. The highest BCUT2D eigenvalue weighted by molar-refractivity contribution is 7.22. The minimum Gasteiger partial charge on any atom is -0.342 e. The van der Waals surface area contributed by atoms with Crippen LogP contribution in [0, 0.1) is 12.8 Å². The number of benzene rings is 1. The first-order valence-corrected chi connectivity index (χ1v) is 8.84. The predicted octanol–water partition coefficient (Wildman–Crippen LogP) is 3.19. The third-order valence-electron chi connectivity index (χ3n) is 4.22. The molecule has 0 bridgehead atoms. The van der Waals surface area contributed by atoms with Gasteiger partial charge in [0.15, 0.2) is 5.13 Å². The summed E-state index contributed by atoms with van der Waals surface area (Å²) in [5.41, 5.74) is 2.09. The van der Waals surface area contributed by atoms with Crippen molar-refractivity contribution in [3.05, 3.63) is 23.8 Å². The lowest BCUT2D eigenvalue weighted by molar-refractivity contribution is -0.134. The molecule has 3 rings (SSSR count). The van der Waals surface area contributed by atoms with Crippen LogP contribution in [0.3, 0.4) is 0 Å². The molecule has 2 heterocycles. The number of likely N-dealkylation sites (tertiary alicyclic amines) is 1. The minimum atomic E-state index is -0.145. The molecule has 0 radical (unpaired) electrons. The van der Waals surface area contributed by atoms with Crippen LogP contribution in [0.15, 0.2) is 18.2 Å². The number of thiazole rings is 1. The Morgan fingerprint density at radius 2 is 2.26 bits per heavy atom. The second-order valence-electron chi connectivity index (χ2n) is 6.01. The molecule has 6 heteroatoms. The van der Waals surface area contributed by atoms with Crippen LogP contribution in [0.1, 0.15) is 31.7 Å². The number of amides is 2. The second-order valence-corrected chi connectivity index (χ2v) is 7.04. The fourth-order valence-corrected chi connectivity index (χ4v) is 3.90. The highest BCUT2D eigenvalue weighted by Crippen LogP contribution is 2.27. The van der Waals surface area contributed by atoms with Gasteiger partial charge in [-0.2, -0.15) is 0 Å². The van der Waals surface area contributed by atoms with Gasteiger partial charge in [-0.1, -0.05) is 24.3 Å². The summed E-state index contributed by atoms with van der Waals surface area (Å²) in [5, 5.41) is 3.56. The van der Waals surface area contributed by atoms with Crippen molar-refractivity contribution < 1.29 is 9.59 Å². The summed E-state index contributed by atoms with van der Waals surface area (Å²) in [5.74, 6) is -0.0552. The van der Waals surface area contributed by atoms with Gasteiger partial charge in [-0.25, -0.2) is 4.98 Å². The van der Waals surface area contributed by atoms with Gasteiger partial charge >= 0.3 is 0 Å². The van der Waals surface area contributed by atoms with E-state index in [1.807, 2.05) is 26.0 Å². The number of fused-ring (bicyclic) bond motifs is 1. The van der Waals surface area contributed by atoms with Crippen molar-refractivity contribution in [2.75, 3.05) is 18.4 Å². The first-order valence-electron chi connectivity index (χ1n) is 8.02. The van der Waals surface area contributed by atoms with E-state index in [4.69, 9.17) is 0 Å². The normalized spacial score (nSPS) is 18.2. The average molecular weight is 331 g/mol. The van der Waals surface area contributed by atoms with Gasteiger partial charge < -0.3 is 10.2 Å². The molecule has 1 aromatic carbocycles. The molecule has 0 saturated carbocycles. The topological polar surface area (TPSA) is 62.3 Å². The zero-order valence-electron chi connectivity index (χ0n) is 13.5. The smallest absolute Gasteiger partial charge is 0.231 e. The number of nitrogens with zero attached hydrogens (tertiary/aromatic N) is 2. The van der Waals surface area contributed by atoms with E-state index in [1.54, 1.807) is 4.90 Å². The number of aromatic nitrogens is 1. The first kappa shape index (κ1) is 15.9. The lowest BCUT2D eigenvalue weighted by atomic mass is 9.97. The number of piperidine rings is 1. The Bertz CT molecular complexity index is 741. The van der Waals surface area contributed by atoms with Crippen LogP contribution in [0.25, 0.3) is 10.2 Å². The molecule has 1 unspecified atom stereocenters. The molecular formula is C17H21N3O2S. The van der Waals surface area contributed by atoms with Gasteiger partial charge in [0.2, 0.25) is 11.8 Å². The van der Waals surface area contributed by atoms with Crippen molar-refractivity contribution in [3.63, 3.8) is 0 Å². The molecule has 1 fully saturated rings. The number of nitrogens with one attached hydrogen (secondary N) is 1. The fraction of sp³-hybridized carbons (Fsp3) is 0.471. The Morgan fingerprint density at radius 3 is 3.04 bits per heavy atom. The third-order valence-corrected chi connectivity index (χ3v) is 5.16. The van der Waals surface area contributed by atoms with Gasteiger partial charge in [0.1, 0.15) is 0 Å². The number of rotatable bonds is 3. The largest absolute Gasteiger partial charge is 0.342 e. The zero-order valence-corrected chi connectivity index (χ0v) is 14.3. The molecule has 0 aliphatic carbocycles. The van der Waals surface area contributed by atoms with Crippen molar-refractivity contribution in [1.82, 2.24) is 9.88 Å². The number of aryl methyl sites for hydroxylation is 1. The fourth-order valence-electron chi connectivity index (χ4n) is 2.93. The summed E-state index contributed by atoms with van der Waals surface area (Å²) in [6.45, 7) is 5.17. The Morgan fingerprint density at radius 1 is 1.43 bits per heavy atom. The van der Waals surface area contributed by atoms with Crippen LogP contribution in [-0.2, 0) is 9.59 Å². The lowest BCUT2D eigenvalue weighted by Crippen LogP contribution is -2.43. The van der Waals surface area contributed by atoms with Gasteiger partial charge in [-0.05, 0) is 37.5 Å². The van der Waals surface area contributed by atoms with E-state index < -0.39 is 0 Å². The number of hydrogen-bond acceptors (Lipinski definition) is 4. The molecule has 1 aliphatic heterocycles. The highest BCUT2D eigenvalue weighted by atomic mass is 32.1. The molecular weight excluding hydrogens is 310 g/mol. The molecule has 0 spiro atoms. The maximum absolute atomic E-state index is 12.5. The van der Waals surface area contributed by atoms with E-state index in [9.17, 15) is 9.59 Å². The molecule has 23 heavy (non-hydrogen) atoms. The molecule has 1 N–H and O–H groups in total. The van der Waals surface area contributed by atoms with Gasteiger partial charge in [-0.15, -0.1) is 0 Å². The average Bonchev–Trinajstić information content (AvgIpc) is 2.95. The number of carbonyl (C=O) groups excluding carboxylic acids is 2. The van der Waals surface area contributed by atoms with E-state index in [1.165, 1.54) is 16.9 Å². The Hall–Kier alpha value is -1.95. The van der Waals surface area contributed by atoms with Gasteiger partial charge in [0.05, 0.1) is 16.1 Å².